The predicted octanol–water partition coefficient (Wildman–Crippen LogP) is -0.0593. The Morgan fingerprint density at radius 3 is 2.71 bits per heavy atom. The molecular formula is C15H22N4O4S. The van der Waals surface area contributed by atoms with Crippen molar-refractivity contribution in [3.63, 3.8) is 0 Å². The zero-order chi connectivity index (χ0) is 17.5. The summed E-state index contributed by atoms with van der Waals surface area (Å²) in [4.78, 5) is 26.0. The third kappa shape index (κ3) is 3.31. The lowest BCUT2D eigenvalue weighted by Gasteiger charge is -2.29. The third-order valence-electron chi connectivity index (χ3n) is 4.54. The first-order chi connectivity index (χ1) is 11.3. The molecule has 0 saturated heterocycles. The molecule has 1 aliphatic heterocycles. The number of carbonyl (C=O) groups is 2. The van der Waals surface area contributed by atoms with E-state index < -0.39 is 21.0 Å². The van der Waals surface area contributed by atoms with Gasteiger partial charge in [-0.05, 0) is 25.8 Å². The van der Waals surface area contributed by atoms with Crippen LogP contribution in [0.4, 0.5) is 0 Å². The largest absolute Gasteiger partial charge is 0.348 e. The summed E-state index contributed by atoms with van der Waals surface area (Å²) in [7, 11) is -3.42. The maximum absolute atomic E-state index is 12.4. The lowest BCUT2D eigenvalue weighted by molar-refractivity contribution is -0.131. The number of aromatic nitrogens is 2. The first-order valence-electron chi connectivity index (χ1n) is 8.19. The van der Waals surface area contributed by atoms with E-state index in [1.54, 1.807) is 10.7 Å². The summed E-state index contributed by atoms with van der Waals surface area (Å²) >= 11 is 0. The number of hydrogen-bond acceptors (Lipinski definition) is 5. The van der Waals surface area contributed by atoms with Crippen LogP contribution in [-0.4, -0.2) is 58.5 Å². The minimum absolute atomic E-state index is 0.0584. The highest BCUT2D eigenvalue weighted by Gasteiger charge is 2.33. The lowest BCUT2D eigenvalue weighted by Crippen LogP contribution is -2.45. The Balaban J connectivity index is 1.71. The zero-order valence-electron chi connectivity index (χ0n) is 13.9. The number of nitrogens with zero attached hydrogens (tertiary/aromatic N) is 3. The van der Waals surface area contributed by atoms with E-state index in [9.17, 15) is 18.0 Å². The van der Waals surface area contributed by atoms with Crippen LogP contribution in [0.5, 0.6) is 0 Å². The molecule has 0 spiro atoms. The standard InChI is InChI=1S/C15H22N4O4S/c1-3-24(22,23)10(2)15(21)18-6-7-19-12(9-18)8-13(17-19)14(20)16-11-4-5-11/h8,10-11H,3-7,9H2,1-2H3,(H,16,20)/t10-/m0/s1. The number of hydrogen-bond donors (Lipinski definition) is 1. The third-order valence-corrected chi connectivity index (χ3v) is 6.63. The maximum Gasteiger partial charge on any atom is 0.272 e. The van der Waals surface area contributed by atoms with E-state index in [-0.39, 0.29) is 24.2 Å². The molecule has 1 fully saturated rings. The second-order valence-corrected chi connectivity index (χ2v) is 8.96. The molecule has 1 N–H and O–H groups in total. The van der Waals surface area contributed by atoms with E-state index in [0.29, 0.717) is 18.8 Å². The number of amides is 2. The molecule has 1 saturated carbocycles. The number of fused-ring (bicyclic) bond motifs is 1. The molecule has 9 heteroatoms. The molecule has 0 unspecified atom stereocenters. The summed E-state index contributed by atoms with van der Waals surface area (Å²) in [6, 6.07) is 1.94. The summed E-state index contributed by atoms with van der Waals surface area (Å²) in [6.07, 6.45) is 2.01. The normalized spacial score (nSPS) is 18.8. The van der Waals surface area contributed by atoms with Crippen LogP contribution in [-0.2, 0) is 27.7 Å². The molecular weight excluding hydrogens is 332 g/mol. The van der Waals surface area contributed by atoms with E-state index in [4.69, 9.17) is 0 Å². The quantitative estimate of drug-likeness (QED) is 0.798. The number of sulfone groups is 1. The topological polar surface area (TPSA) is 101 Å². The Morgan fingerprint density at radius 2 is 2.08 bits per heavy atom. The molecule has 8 nitrogen and oxygen atoms in total. The average molecular weight is 354 g/mol. The van der Waals surface area contributed by atoms with Crippen LogP contribution in [0.3, 0.4) is 0 Å². The highest BCUT2D eigenvalue weighted by Crippen LogP contribution is 2.20. The minimum atomic E-state index is -3.42. The molecule has 3 rings (SSSR count). The van der Waals surface area contributed by atoms with Crippen LogP contribution >= 0.6 is 0 Å². The molecule has 1 atom stereocenters. The molecule has 0 aromatic carbocycles. The van der Waals surface area contributed by atoms with Crippen molar-refractivity contribution in [2.24, 2.45) is 0 Å². The second kappa shape index (κ2) is 6.19. The summed E-state index contributed by atoms with van der Waals surface area (Å²) in [6.45, 7) is 4.08. The van der Waals surface area contributed by atoms with Crippen molar-refractivity contribution in [2.45, 2.75) is 51.1 Å². The van der Waals surface area contributed by atoms with Crippen LogP contribution in [0.1, 0.15) is 42.9 Å². The number of rotatable bonds is 5. The molecule has 2 heterocycles. The van der Waals surface area contributed by atoms with Crippen molar-refractivity contribution in [3.8, 4) is 0 Å². The fourth-order valence-electron chi connectivity index (χ4n) is 2.71. The number of nitrogens with one attached hydrogen (secondary N) is 1. The van der Waals surface area contributed by atoms with Crippen molar-refractivity contribution in [3.05, 3.63) is 17.5 Å². The Labute approximate surface area is 141 Å². The van der Waals surface area contributed by atoms with Crippen LogP contribution < -0.4 is 5.32 Å². The SMILES string of the molecule is CCS(=O)(=O)[C@@H](C)C(=O)N1CCn2nc(C(=O)NC3CC3)cc2C1. The van der Waals surface area contributed by atoms with Gasteiger partial charge in [0.05, 0.1) is 18.8 Å². The van der Waals surface area contributed by atoms with Gasteiger partial charge in [0, 0.05) is 18.3 Å². The lowest BCUT2D eigenvalue weighted by atomic mass is 10.2. The van der Waals surface area contributed by atoms with Gasteiger partial charge in [0.15, 0.2) is 15.5 Å². The molecule has 2 amide bonds. The van der Waals surface area contributed by atoms with Crippen LogP contribution in [0.15, 0.2) is 6.07 Å². The van der Waals surface area contributed by atoms with E-state index in [0.717, 1.165) is 18.5 Å². The van der Waals surface area contributed by atoms with Gasteiger partial charge in [-0.2, -0.15) is 5.10 Å². The molecule has 0 bridgehead atoms. The minimum Gasteiger partial charge on any atom is -0.348 e. The monoisotopic (exact) mass is 354 g/mol. The van der Waals surface area contributed by atoms with Crippen molar-refractivity contribution in [2.75, 3.05) is 12.3 Å². The molecule has 1 aliphatic carbocycles. The van der Waals surface area contributed by atoms with Gasteiger partial charge in [0.2, 0.25) is 5.91 Å². The van der Waals surface area contributed by atoms with Gasteiger partial charge < -0.3 is 10.2 Å². The molecule has 1 aromatic heterocycles. The van der Waals surface area contributed by atoms with E-state index in [2.05, 4.69) is 10.4 Å². The van der Waals surface area contributed by atoms with Gasteiger partial charge in [-0.15, -0.1) is 0 Å². The van der Waals surface area contributed by atoms with Crippen LogP contribution in [0, 0.1) is 0 Å². The fraction of sp³-hybridized carbons (Fsp3) is 0.667. The predicted molar refractivity (Wildman–Crippen MR) is 87.1 cm³/mol. The van der Waals surface area contributed by atoms with E-state index in [1.165, 1.54) is 18.7 Å². The average Bonchev–Trinajstić information content (AvgIpc) is 3.27. The molecule has 24 heavy (non-hydrogen) atoms. The zero-order valence-corrected chi connectivity index (χ0v) is 14.7. The van der Waals surface area contributed by atoms with Crippen LogP contribution in [0.2, 0.25) is 0 Å². The number of carbonyl (C=O) groups excluding carboxylic acids is 2. The second-order valence-electron chi connectivity index (χ2n) is 6.35. The van der Waals surface area contributed by atoms with Crippen molar-refractivity contribution >= 4 is 21.7 Å². The molecule has 1 aromatic rings. The molecule has 0 radical (unpaired) electrons. The fourth-order valence-corrected chi connectivity index (χ4v) is 3.67. The Morgan fingerprint density at radius 1 is 1.38 bits per heavy atom. The first-order valence-corrected chi connectivity index (χ1v) is 9.91. The summed E-state index contributed by atoms with van der Waals surface area (Å²) in [5.41, 5.74) is 1.09. The first kappa shape index (κ1) is 16.9. The Kier molecular flexibility index (Phi) is 4.37. The van der Waals surface area contributed by atoms with Gasteiger partial charge in [-0.3, -0.25) is 14.3 Å². The van der Waals surface area contributed by atoms with Gasteiger partial charge in [0.1, 0.15) is 5.25 Å². The Hall–Kier alpha value is -1.90. The van der Waals surface area contributed by atoms with Gasteiger partial charge in [-0.25, -0.2) is 8.42 Å². The van der Waals surface area contributed by atoms with Gasteiger partial charge in [-0.1, -0.05) is 6.92 Å². The van der Waals surface area contributed by atoms with Gasteiger partial charge in [0.25, 0.3) is 5.91 Å². The van der Waals surface area contributed by atoms with Gasteiger partial charge >= 0.3 is 0 Å². The highest BCUT2D eigenvalue weighted by atomic mass is 32.2. The summed E-state index contributed by atoms with van der Waals surface area (Å²) in [5.74, 6) is -0.649. The maximum atomic E-state index is 12.4. The van der Waals surface area contributed by atoms with Crippen molar-refractivity contribution in [1.82, 2.24) is 20.0 Å². The van der Waals surface area contributed by atoms with Crippen LogP contribution in [0.25, 0.3) is 0 Å². The Bertz CT molecular complexity index is 766. The summed E-state index contributed by atoms with van der Waals surface area (Å²) < 4.78 is 25.5. The van der Waals surface area contributed by atoms with Crippen molar-refractivity contribution in [1.29, 1.82) is 0 Å². The smallest absolute Gasteiger partial charge is 0.272 e. The molecule has 2 aliphatic rings. The highest BCUT2D eigenvalue weighted by molar-refractivity contribution is 7.92. The summed E-state index contributed by atoms with van der Waals surface area (Å²) in [5, 5.41) is 6.12. The van der Waals surface area contributed by atoms with E-state index in [1.807, 2.05) is 0 Å². The van der Waals surface area contributed by atoms with E-state index >= 15 is 0 Å². The molecule has 132 valence electrons. The van der Waals surface area contributed by atoms with Crippen molar-refractivity contribution < 1.29 is 18.0 Å².